The fraction of sp³-hybridized carbons (Fsp3) is 0.471. The van der Waals surface area contributed by atoms with Gasteiger partial charge >= 0.3 is 0 Å². The monoisotopic (exact) mass is 301 g/mol. The molecule has 2 amide bonds. The summed E-state index contributed by atoms with van der Waals surface area (Å²) in [5.74, 6) is -0.261. The lowest BCUT2D eigenvalue weighted by Crippen LogP contribution is -2.38. The Hall–Kier alpha value is -2.17. The number of amides is 2. The van der Waals surface area contributed by atoms with Crippen molar-refractivity contribution in [3.63, 3.8) is 0 Å². The minimum absolute atomic E-state index is 0.0162. The molecule has 1 aromatic rings. The normalized spacial score (nSPS) is 15.7. The smallest absolute Gasteiger partial charge is 0.259 e. The molecule has 0 aliphatic heterocycles. The second kappa shape index (κ2) is 8.32. The molecule has 0 unspecified atom stereocenters. The van der Waals surface area contributed by atoms with Crippen LogP contribution in [0.2, 0.25) is 0 Å². The Balaban J connectivity index is 1.70. The van der Waals surface area contributed by atoms with Crippen molar-refractivity contribution in [2.24, 2.45) is 11.0 Å². The molecule has 2 N–H and O–H groups in total. The predicted octanol–water partition coefficient (Wildman–Crippen LogP) is 2.14. The first-order valence-corrected chi connectivity index (χ1v) is 7.81. The Labute approximate surface area is 131 Å². The Bertz CT molecular complexity index is 549. The largest absolute Gasteiger partial charge is 0.347 e. The topological polar surface area (TPSA) is 70.6 Å². The van der Waals surface area contributed by atoms with E-state index in [-0.39, 0.29) is 24.3 Å². The average Bonchev–Trinajstić information content (AvgIpc) is 2.53. The van der Waals surface area contributed by atoms with Crippen molar-refractivity contribution < 1.29 is 9.59 Å². The molecule has 0 heterocycles. The molecule has 0 spiro atoms. The van der Waals surface area contributed by atoms with Gasteiger partial charge in [-0.2, -0.15) is 5.10 Å². The van der Waals surface area contributed by atoms with E-state index < -0.39 is 0 Å². The maximum atomic E-state index is 11.9. The predicted molar refractivity (Wildman–Crippen MR) is 86.5 cm³/mol. The Morgan fingerprint density at radius 1 is 1.27 bits per heavy atom. The molecule has 0 atom stereocenters. The van der Waals surface area contributed by atoms with Gasteiger partial charge in [-0.05, 0) is 25.3 Å². The highest BCUT2D eigenvalue weighted by Gasteiger charge is 2.21. The van der Waals surface area contributed by atoms with E-state index in [9.17, 15) is 9.59 Å². The van der Waals surface area contributed by atoms with E-state index in [4.69, 9.17) is 0 Å². The third kappa shape index (κ3) is 5.31. The van der Waals surface area contributed by atoms with Gasteiger partial charge in [0.15, 0.2) is 0 Å². The average molecular weight is 301 g/mol. The van der Waals surface area contributed by atoms with E-state index in [0.717, 1.165) is 36.8 Å². The van der Waals surface area contributed by atoms with Gasteiger partial charge in [0.25, 0.3) is 5.91 Å². The van der Waals surface area contributed by atoms with E-state index in [1.807, 2.05) is 31.2 Å². The number of carbonyl (C=O) groups excluding carboxylic acids is 2. The van der Waals surface area contributed by atoms with Crippen LogP contribution in [-0.2, 0) is 9.59 Å². The van der Waals surface area contributed by atoms with Gasteiger partial charge in [0.1, 0.15) is 0 Å². The van der Waals surface area contributed by atoms with Crippen LogP contribution in [0.3, 0.4) is 0 Å². The number of benzene rings is 1. The lowest BCUT2D eigenvalue weighted by atomic mass is 9.89. The van der Waals surface area contributed by atoms with Gasteiger partial charge in [0.2, 0.25) is 5.91 Å². The highest BCUT2D eigenvalue weighted by molar-refractivity contribution is 5.87. The maximum absolute atomic E-state index is 11.9. The highest BCUT2D eigenvalue weighted by atomic mass is 16.2. The van der Waals surface area contributed by atoms with Gasteiger partial charge in [0, 0.05) is 5.92 Å². The first-order chi connectivity index (χ1) is 10.6. The van der Waals surface area contributed by atoms with E-state index in [0.29, 0.717) is 0 Å². The zero-order valence-electron chi connectivity index (χ0n) is 13.0. The van der Waals surface area contributed by atoms with Crippen LogP contribution in [0.15, 0.2) is 29.4 Å². The molecule has 5 heteroatoms. The van der Waals surface area contributed by atoms with Crippen LogP contribution in [-0.4, -0.2) is 24.6 Å². The standard InChI is InChI=1S/C17H23N3O2/c1-13-6-5-7-14(10-13)11-19-20-16(21)12-18-17(22)15-8-3-2-4-9-15/h5-7,10-11,15H,2-4,8-9,12H2,1H3,(H,18,22)(H,20,21). The molecular weight excluding hydrogens is 278 g/mol. The Kier molecular flexibility index (Phi) is 6.13. The number of aryl methyl sites for hydroxylation is 1. The van der Waals surface area contributed by atoms with E-state index in [1.54, 1.807) is 6.21 Å². The number of hydrogen-bond donors (Lipinski definition) is 2. The molecule has 0 aromatic heterocycles. The van der Waals surface area contributed by atoms with Crippen molar-refractivity contribution in [2.75, 3.05) is 6.54 Å². The van der Waals surface area contributed by atoms with Gasteiger partial charge < -0.3 is 5.32 Å². The summed E-state index contributed by atoms with van der Waals surface area (Å²) < 4.78 is 0. The van der Waals surface area contributed by atoms with Crippen molar-refractivity contribution in [3.05, 3.63) is 35.4 Å². The fourth-order valence-corrected chi connectivity index (χ4v) is 2.65. The summed E-state index contributed by atoms with van der Waals surface area (Å²) in [7, 11) is 0. The van der Waals surface area contributed by atoms with Gasteiger partial charge in [-0.15, -0.1) is 0 Å². The Morgan fingerprint density at radius 2 is 2.05 bits per heavy atom. The van der Waals surface area contributed by atoms with E-state index in [2.05, 4.69) is 15.8 Å². The number of hydrogen-bond acceptors (Lipinski definition) is 3. The third-order valence-electron chi connectivity index (χ3n) is 3.84. The van der Waals surface area contributed by atoms with Gasteiger partial charge in [-0.25, -0.2) is 5.43 Å². The van der Waals surface area contributed by atoms with Crippen LogP contribution < -0.4 is 10.7 Å². The highest BCUT2D eigenvalue weighted by Crippen LogP contribution is 2.23. The first kappa shape index (κ1) is 16.2. The zero-order valence-corrected chi connectivity index (χ0v) is 13.0. The molecule has 1 saturated carbocycles. The van der Waals surface area contributed by atoms with Crippen LogP contribution >= 0.6 is 0 Å². The summed E-state index contributed by atoms with van der Waals surface area (Å²) in [6.07, 6.45) is 6.86. The number of nitrogens with zero attached hydrogens (tertiary/aromatic N) is 1. The quantitative estimate of drug-likeness (QED) is 0.646. The minimum Gasteiger partial charge on any atom is -0.347 e. The first-order valence-electron chi connectivity index (χ1n) is 7.81. The zero-order chi connectivity index (χ0) is 15.8. The lowest BCUT2D eigenvalue weighted by molar-refractivity contribution is -0.129. The number of rotatable bonds is 5. The summed E-state index contributed by atoms with van der Waals surface area (Å²) >= 11 is 0. The number of hydrazone groups is 1. The fourth-order valence-electron chi connectivity index (χ4n) is 2.65. The molecule has 1 fully saturated rings. The van der Waals surface area contributed by atoms with Crippen LogP contribution in [0.4, 0.5) is 0 Å². The maximum Gasteiger partial charge on any atom is 0.259 e. The molecule has 0 saturated heterocycles. The van der Waals surface area contributed by atoms with E-state index in [1.165, 1.54) is 6.42 Å². The van der Waals surface area contributed by atoms with Crippen molar-refractivity contribution in [1.29, 1.82) is 0 Å². The minimum atomic E-state index is -0.312. The van der Waals surface area contributed by atoms with Crippen LogP contribution in [0.25, 0.3) is 0 Å². The number of carbonyl (C=O) groups is 2. The van der Waals surface area contributed by atoms with E-state index >= 15 is 0 Å². The summed E-state index contributed by atoms with van der Waals surface area (Å²) in [6, 6.07) is 7.81. The molecule has 1 aromatic carbocycles. The van der Waals surface area contributed by atoms with Gasteiger partial charge in [-0.1, -0.05) is 49.1 Å². The van der Waals surface area contributed by atoms with Crippen LogP contribution in [0.1, 0.15) is 43.2 Å². The van der Waals surface area contributed by atoms with Crippen molar-refractivity contribution in [2.45, 2.75) is 39.0 Å². The Morgan fingerprint density at radius 3 is 2.77 bits per heavy atom. The summed E-state index contributed by atoms with van der Waals surface area (Å²) in [4.78, 5) is 23.6. The molecule has 1 aliphatic rings. The molecule has 0 radical (unpaired) electrons. The van der Waals surface area contributed by atoms with Gasteiger partial charge in [0.05, 0.1) is 12.8 Å². The van der Waals surface area contributed by atoms with Crippen LogP contribution in [0.5, 0.6) is 0 Å². The summed E-state index contributed by atoms with van der Waals surface area (Å²) in [5.41, 5.74) is 4.48. The second-order valence-corrected chi connectivity index (χ2v) is 5.76. The van der Waals surface area contributed by atoms with Crippen molar-refractivity contribution in [3.8, 4) is 0 Å². The molecule has 22 heavy (non-hydrogen) atoms. The van der Waals surface area contributed by atoms with Crippen LogP contribution in [0, 0.1) is 12.8 Å². The third-order valence-corrected chi connectivity index (χ3v) is 3.84. The lowest BCUT2D eigenvalue weighted by Gasteiger charge is -2.20. The van der Waals surface area contributed by atoms with Gasteiger partial charge in [-0.3, -0.25) is 9.59 Å². The van der Waals surface area contributed by atoms with Crippen molar-refractivity contribution >= 4 is 18.0 Å². The molecule has 118 valence electrons. The molecular formula is C17H23N3O2. The second-order valence-electron chi connectivity index (χ2n) is 5.76. The molecule has 1 aliphatic carbocycles. The molecule has 0 bridgehead atoms. The van der Waals surface area contributed by atoms with Crippen molar-refractivity contribution in [1.82, 2.24) is 10.7 Å². The summed E-state index contributed by atoms with van der Waals surface area (Å²) in [6.45, 7) is 1.97. The summed E-state index contributed by atoms with van der Waals surface area (Å²) in [5, 5.41) is 6.58. The molecule has 2 rings (SSSR count). The molecule has 5 nitrogen and oxygen atoms in total. The number of nitrogens with one attached hydrogen (secondary N) is 2. The SMILES string of the molecule is Cc1cccc(C=NNC(=O)CNC(=O)C2CCCCC2)c1.